The third-order valence-electron chi connectivity index (χ3n) is 6.82. The Kier molecular flexibility index (Phi) is 3.97. The van der Waals surface area contributed by atoms with Gasteiger partial charge in [-0.05, 0) is 56.6 Å². The topological polar surface area (TPSA) is 9.86 Å². The van der Waals surface area contributed by atoms with Crippen LogP contribution in [0.5, 0.6) is 0 Å². The molecular weight excluding hydrogens is 454 g/mol. The second kappa shape index (κ2) is 6.46. The minimum absolute atomic E-state index is 0.477. The van der Waals surface area contributed by atoms with Crippen LogP contribution >= 0.6 is 0 Å². The van der Waals surface area contributed by atoms with E-state index in [4.69, 9.17) is 0 Å². The lowest BCUT2D eigenvalue weighted by Crippen LogP contribution is -2.10. The molecule has 0 fully saturated rings. The fraction of sp³-hybridized carbons (Fsp3) is 0.154. The molecule has 4 aromatic carbocycles. The molecule has 0 aliphatic rings. The van der Waals surface area contributed by atoms with Crippen LogP contribution < -0.4 is 0 Å². The standard InChI is InChI=1S/C26H16F6N2/c1-33-21-9-7-15-13-4-6-18-16(8-10-22-20(18)12-24(34(22)2)26(30,31)32)14(13)3-5-17(15)19(21)11-23(33)25(27,28)29/h3-12H,1-2H3. The maximum atomic E-state index is 13.5. The van der Waals surface area contributed by atoms with Crippen molar-refractivity contribution in [1.29, 1.82) is 0 Å². The average Bonchev–Trinajstić information content (AvgIpc) is 3.30. The Morgan fingerprint density at radius 1 is 0.441 bits per heavy atom. The van der Waals surface area contributed by atoms with E-state index in [1.165, 1.54) is 14.1 Å². The van der Waals surface area contributed by atoms with Gasteiger partial charge in [-0.3, -0.25) is 0 Å². The van der Waals surface area contributed by atoms with Crippen molar-refractivity contribution in [3.05, 3.63) is 72.1 Å². The zero-order chi connectivity index (χ0) is 24.2. The van der Waals surface area contributed by atoms with E-state index >= 15 is 0 Å². The first kappa shape index (κ1) is 20.9. The molecule has 2 aromatic heterocycles. The molecular formula is C26H16F6N2. The summed E-state index contributed by atoms with van der Waals surface area (Å²) in [6.07, 6.45) is -8.94. The molecule has 0 saturated carbocycles. The summed E-state index contributed by atoms with van der Waals surface area (Å²) in [6.45, 7) is 0. The van der Waals surface area contributed by atoms with Crippen LogP contribution in [0.2, 0.25) is 0 Å². The summed E-state index contributed by atoms with van der Waals surface area (Å²) in [5.74, 6) is 0. The van der Waals surface area contributed by atoms with Crippen molar-refractivity contribution in [2.24, 2.45) is 14.1 Å². The summed E-state index contributed by atoms with van der Waals surface area (Å²) in [5.41, 5.74) is -0.489. The zero-order valence-corrected chi connectivity index (χ0v) is 17.9. The normalized spacial score (nSPS) is 13.3. The number of rotatable bonds is 0. The first-order valence-electron chi connectivity index (χ1n) is 10.5. The lowest BCUT2D eigenvalue weighted by atomic mass is 9.94. The van der Waals surface area contributed by atoms with Crippen LogP contribution in [0.3, 0.4) is 0 Å². The third kappa shape index (κ3) is 2.71. The molecule has 6 aromatic rings. The molecule has 0 radical (unpaired) electrons. The first-order valence-corrected chi connectivity index (χ1v) is 10.5. The molecule has 2 nitrogen and oxygen atoms in total. The highest BCUT2D eigenvalue weighted by molar-refractivity contribution is 6.24. The van der Waals surface area contributed by atoms with Crippen molar-refractivity contribution < 1.29 is 26.3 Å². The molecule has 0 saturated heterocycles. The Hall–Kier alpha value is -3.68. The Morgan fingerprint density at radius 2 is 0.706 bits per heavy atom. The number of nitrogens with zero attached hydrogens (tertiary/aromatic N) is 2. The van der Waals surface area contributed by atoms with E-state index in [1.807, 2.05) is 12.1 Å². The fourth-order valence-electron chi connectivity index (χ4n) is 5.22. The van der Waals surface area contributed by atoms with Gasteiger partial charge in [0.2, 0.25) is 0 Å². The lowest BCUT2D eigenvalue weighted by Gasteiger charge is -2.10. The first-order chi connectivity index (χ1) is 16.0. The maximum Gasteiger partial charge on any atom is 0.431 e. The highest BCUT2D eigenvalue weighted by Crippen LogP contribution is 2.41. The number of hydrogen-bond donors (Lipinski definition) is 0. The summed E-state index contributed by atoms with van der Waals surface area (Å²) in [6, 6.07) is 16.5. The molecule has 34 heavy (non-hydrogen) atoms. The number of alkyl halides is 6. The minimum Gasteiger partial charge on any atom is -0.340 e. The molecule has 0 aliphatic heterocycles. The van der Waals surface area contributed by atoms with Crippen molar-refractivity contribution in [2.75, 3.05) is 0 Å². The number of aromatic nitrogens is 2. The Morgan fingerprint density at radius 3 is 1.00 bits per heavy atom. The highest BCUT2D eigenvalue weighted by Gasteiger charge is 2.35. The number of fused-ring (bicyclic) bond motifs is 9. The van der Waals surface area contributed by atoms with Crippen molar-refractivity contribution in [3.63, 3.8) is 0 Å². The van der Waals surface area contributed by atoms with Gasteiger partial charge < -0.3 is 9.13 Å². The summed E-state index contributed by atoms with van der Waals surface area (Å²) in [5, 5.41) is 5.62. The van der Waals surface area contributed by atoms with Crippen molar-refractivity contribution in [1.82, 2.24) is 9.13 Å². The van der Waals surface area contributed by atoms with Crippen molar-refractivity contribution in [3.8, 4) is 0 Å². The molecule has 0 unspecified atom stereocenters. The summed E-state index contributed by atoms with van der Waals surface area (Å²) in [4.78, 5) is 0. The number of halogens is 6. The zero-order valence-electron chi connectivity index (χ0n) is 17.9. The lowest BCUT2D eigenvalue weighted by molar-refractivity contribution is -0.143. The Balaban J connectivity index is 1.68. The summed E-state index contributed by atoms with van der Waals surface area (Å²) < 4.78 is 83.0. The molecule has 172 valence electrons. The molecule has 0 aliphatic carbocycles. The van der Waals surface area contributed by atoms with E-state index in [0.717, 1.165) is 42.8 Å². The SMILES string of the molecule is Cn1c(C(F)(F)F)cc2c3ccc4c(ccc5c4ccc4c5cc(C(F)(F)F)n4C)c3ccc21. The van der Waals surface area contributed by atoms with Crippen LogP contribution in [0.15, 0.2) is 60.7 Å². The highest BCUT2D eigenvalue weighted by atomic mass is 19.4. The van der Waals surface area contributed by atoms with E-state index < -0.39 is 23.7 Å². The maximum absolute atomic E-state index is 13.5. The quantitative estimate of drug-likeness (QED) is 0.157. The minimum atomic E-state index is -4.47. The van der Waals surface area contributed by atoms with Gasteiger partial charge in [-0.15, -0.1) is 0 Å². The second-order valence-corrected chi connectivity index (χ2v) is 8.59. The number of aryl methyl sites for hydroxylation is 2. The van der Waals surface area contributed by atoms with E-state index in [1.54, 1.807) is 36.4 Å². The molecule has 0 N–H and O–H groups in total. The number of benzene rings is 4. The van der Waals surface area contributed by atoms with Gasteiger partial charge in [-0.2, -0.15) is 26.3 Å². The van der Waals surface area contributed by atoms with E-state index in [2.05, 4.69) is 0 Å². The molecule has 0 amide bonds. The Bertz CT molecular complexity index is 1660. The molecule has 6 rings (SSSR count). The molecule has 2 heterocycles. The van der Waals surface area contributed by atoms with Gasteiger partial charge in [0.05, 0.1) is 0 Å². The van der Waals surface area contributed by atoms with Crippen LogP contribution in [0.4, 0.5) is 26.3 Å². The van der Waals surface area contributed by atoms with Gasteiger partial charge in [0, 0.05) is 35.9 Å². The van der Waals surface area contributed by atoms with Gasteiger partial charge in [0.15, 0.2) is 0 Å². The van der Waals surface area contributed by atoms with Crippen molar-refractivity contribution in [2.45, 2.75) is 12.4 Å². The predicted molar refractivity (Wildman–Crippen MR) is 122 cm³/mol. The summed E-state index contributed by atoms with van der Waals surface area (Å²) in [7, 11) is 2.79. The summed E-state index contributed by atoms with van der Waals surface area (Å²) >= 11 is 0. The third-order valence-corrected chi connectivity index (χ3v) is 6.82. The van der Waals surface area contributed by atoms with Crippen molar-refractivity contribution >= 4 is 54.1 Å². The molecule has 0 atom stereocenters. The van der Waals surface area contributed by atoms with Gasteiger partial charge in [-0.25, -0.2) is 0 Å². The van der Waals surface area contributed by atoms with Gasteiger partial charge in [-0.1, -0.05) is 36.4 Å². The van der Waals surface area contributed by atoms with Gasteiger partial charge in [0.25, 0.3) is 0 Å². The van der Waals surface area contributed by atoms with E-state index in [0.29, 0.717) is 32.6 Å². The van der Waals surface area contributed by atoms with Gasteiger partial charge in [0.1, 0.15) is 11.4 Å². The average molecular weight is 470 g/mol. The Labute approximate surface area is 188 Å². The van der Waals surface area contributed by atoms with E-state index in [-0.39, 0.29) is 0 Å². The van der Waals surface area contributed by atoms with Crippen LogP contribution in [0.25, 0.3) is 54.1 Å². The molecule has 0 bridgehead atoms. The van der Waals surface area contributed by atoms with Crippen LogP contribution in [-0.2, 0) is 26.4 Å². The monoisotopic (exact) mass is 470 g/mol. The van der Waals surface area contributed by atoms with Crippen LogP contribution in [0, 0.1) is 0 Å². The second-order valence-electron chi connectivity index (χ2n) is 8.59. The van der Waals surface area contributed by atoms with Crippen LogP contribution in [-0.4, -0.2) is 9.13 Å². The smallest absolute Gasteiger partial charge is 0.340 e. The molecule has 0 spiro atoms. The van der Waals surface area contributed by atoms with Crippen LogP contribution in [0.1, 0.15) is 11.4 Å². The van der Waals surface area contributed by atoms with E-state index in [9.17, 15) is 26.3 Å². The van der Waals surface area contributed by atoms with Gasteiger partial charge >= 0.3 is 12.4 Å². The largest absolute Gasteiger partial charge is 0.431 e. The number of hydrogen-bond acceptors (Lipinski definition) is 0. The molecule has 8 heteroatoms. The fourth-order valence-corrected chi connectivity index (χ4v) is 5.22. The predicted octanol–water partition coefficient (Wildman–Crippen LogP) is 8.17.